The second kappa shape index (κ2) is 6.49. The molecule has 0 saturated heterocycles. The van der Waals surface area contributed by atoms with Crippen LogP contribution in [0.1, 0.15) is 5.56 Å². The molecule has 0 spiro atoms. The number of nitrogens with one attached hydrogen (secondary N) is 1. The van der Waals surface area contributed by atoms with Crippen LogP contribution >= 0.6 is 0 Å². The lowest BCUT2D eigenvalue weighted by Crippen LogP contribution is -2.43. The van der Waals surface area contributed by atoms with E-state index in [4.69, 9.17) is 10.3 Å². The molecule has 0 aliphatic heterocycles. The van der Waals surface area contributed by atoms with E-state index in [1.165, 1.54) is 0 Å². The number of hydrogen-bond donors (Lipinski definition) is 3. The maximum absolute atomic E-state index is 10.6. The number of hydroxylamine groups is 2. The molecule has 1 rings (SSSR count). The standard InChI is InChI=1S/C11H14N2O4/c14-8-13(17)7-10(12-11(15)16)6-9-4-2-1-3-5-9/h1-5,8,10,12,17H,6-7H2,(H,15,16). The van der Waals surface area contributed by atoms with Gasteiger partial charge in [0.1, 0.15) is 0 Å². The summed E-state index contributed by atoms with van der Waals surface area (Å²) in [6.07, 6.45) is -0.551. The molecule has 1 atom stereocenters. The van der Waals surface area contributed by atoms with Crippen molar-refractivity contribution in [2.24, 2.45) is 0 Å². The number of carboxylic acid groups (broad SMARTS) is 1. The van der Waals surface area contributed by atoms with E-state index in [9.17, 15) is 9.59 Å². The molecule has 2 amide bonds. The molecule has 0 heterocycles. The fraction of sp³-hybridized carbons (Fsp3) is 0.273. The van der Waals surface area contributed by atoms with Gasteiger partial charge in [-0.1, -0.05) is 30.3 Å². The quantitative estimate of drug-likeness (QED) is 0.387. The van der Waals surface area contributed by atoms with Crippen LogP contribution in [0.3, 0.4) is 0 Å². The smallest absolute Gasteiger partial charge is 0.404 e. The fourth-order valence-electron chi connectivity index (χ4n) is 1.50. The largest absolute Gasteiger partial charge is 0.465 e. The van der Waals surface area contributed by atoms with Gasteiger partial charge in [-0.3, -0.25) is 10.0 Å². The molecule has 1 unspecified atom stereocenters. The first-order chi connectivity index (χ1) is 8.11. The molecule has 17 heavy (non-hydrogen) atoms. The molecule has 6 heteroatoms. The summed E-state index contributed by atoms with van der Waals surface area (Å²) in [4.78, 5) is 20.8. The van der Waals surface area contributed by atoms with Crippen molar-refractivity contribution in [1.82, 2.24) is 10.4 Å². The predicted molar refractivity (Wildman–Crippen MR) is 59.7 cm³/mol. The van der Waals surface area contributed by atoms with Crippen molar-refractivity contribution in [3.8, 4) is 0 Å². The lowest BCUT2D eigenvalue weighted by Gasteiger charge is -2.19. The van der Waals surface area contributed by atoms with Gasteiger partial charge in [0.05, 0.1) is 12.6 Å². The molecule has 0 bridgehead atoms. The summed E-state index contributed by atoms with van der Waals surface area (Å²) in [7, 11) is 0. The highest BCUT2D eigenvalue weighted by atomic mass is 16.5. The monoisotopic (exact) mass is 238 g/mol. The van der Waals surface area contributed by atoms with E-state index in [-0.39, 0.29) is 13.0 Å². The SMILES string of the molecule is O=CN(O)CC(Cc1ccccc1)NC(=O)O. The first-order valence-corrected chi connectivity index (χ1v) is 5.06. The molecule has 0 aliphatic rings. The fourth-order valence-corrected chi connectivity index (χ4v) is 1.50. The van der Waals surface area contributed by atoms with Gasteiger partial charge in [0.2, 0.25) is 6.41 Å². The first kappa shape index (κ1) is 13.0. The van der Waals surface area contributed by atoms with E-state index >= 15 is 0 Å². The number of nitrogens with zero attached hydrogens (tertiary/aromatic N) is 1. The number of carbonyl (C=O) groups excluding carboxylic acids is 1. The summed E-state index contributed by atoms with van der Waals surface area (Å²) < 4.78 is 0. The van der Waals surface area contributed by atoms with Crippen molar-refractivity contribution in [2.75, 3.05) is 6.54 Å². The van der Waals surface area contributed by atoms with Gasteiger partial charge in [0.25, 0.3) is 0 Å². The molecule has 0 aromatic heterocycles. The number of hydrogen-bond acceptors (Lipinski definition) is 3. The molecule has 0 aliphatic carbocycles. The van der Waals surface area contributed by atoms with Crippen LogP contribution < -0.4 is 5.32 Å². The Morgan fingerprint density at radius 2 is 2.06 bits per heavy atom. The van der Waals surface area contributed by atoms with Crippen LogP contribution in [-0.4, -0.2) is 40.5 Å². The molecule has 3 N–H and O–H groups in total. The van der Waals surface area contributed by atoms with E-state index in [1.54, 1.807) is 0 Å². The predicted octanol–water partition coefficient (Wildman–Crippen LogP) is 0.713. The van der Waals surface area contributed by atoms with E-state index in [2.05, 4.69) is 5.32 Å². The van der Waals surface area contributed by atoms with E-state index in [0.29, 0.717) is 11.5 Å². The lowest BCUT2D eigenvalue weighted by atomic mass is 10.1. The van der Waals surface area contributed by atoms with Crippen LogP contribution in [0.15, 0.2) is 30.3 Å². The van der Waals surface area contributed by atoms with Gasteiger partial charge >= 0.3 is 6.09 Å². The van der Waals surface area contributed by atoms with Crippen LogP contribution in [0, 0.1) is 0 Å². The molecule has 1 aromatic rings. The normalized spacial score (nSPS) is 11.6. The maximum atomic E-state index is 10.6. The highest BCUT2D eigenvalue weighted by Crippen LogP contribution is 2.03. The first-order valence-electron chi connectivity index (χ1n) is 5.06. The number of benzene rings is 1. The van der Waals surface area contributed by atoms with Crippen molar-refractivity contribution < 1.29 is 19.9 Å². The second-order valence-corrected chi connectivity index (χ2v) is 3.56. The highest BCUT2D eigenvalue weighted by Gasteiger charge is 2.14. The minimum Gasteiger partial charge on any atom is -0.465 e. The average Bonchev–Trinajstić information content (AvgIpc) is 2.29. The molecule has 0 fully saturated rings. The molecule has 6 nitrogen and oxygen atoms in total. The highest BCUT2D eigenvalue weighted by molar-refractivity contribution is 5.65. The van der Waals surface area contributed by atoms with Gasteiger partial charge < -0.3 is 10.4 Å². The molecule has 0 saturated carbocycles. The van der Waals surface area contributed by atoms with E-state index in [1.807, 2.05) is 30.3 Å². The van der Waals surface area contributed by atoms with Crippen molar-refractivity contribution >= 4 is 12.5 Å². The third-order valence-corrected chi connectivity index (χ3v) is 2.18. The van der Waals surface area contributed by atoms with Crippen molar-refractivity contribution in [3.05, 3.63) is 35.9 Å². The van der Waals surface area contributed by atoms with Gasteiger partial charge in [-0.15, -0.1) is 0 Å². The number of carbonyl (C=O) groups is 2. The Hall–Kier alpha value is -2.08. The Bertz CT molecular complexity index is 369. The zero-order chi connectivity index (χ0) is 12.7. The van der Waals surface area contributed by atoms with Gasteiger partial charge in [-0.2, -0.15) is 0 Å². The van der Waals surface area contributed by atoms with Crippen LogP contribution in [0.5, 0.6) is 0 Å². The minimum atomic E-state index is -1.19. The molecule has 1 aromatic carbocycles. The van der Waals surface area contributed by atoms with Gasteiger partial charge in [0, 0.05) is 0 Å². The Morgan fingerprint density at radius 3 is 2.59 bits per heavy atom. The average molecular weight is 238 g/mol. The molecule has 0 radical (unpaired) electrons. The maximum Gasteiger partial charge on any atom is 0.404 e. The van der Waals surface area contributed by atoms with Crippen LogP contribution in [0.4, 0.5) is 4.79 Å². The summed E-state index contributed by atoms with van der Waals surface area (Å²) in [5.74, 6) is 0. The third kappa shape index (κ3) is 4.98. The van der Waals surface area contributed by atoms with Crippen LogP contribution in [0.25, 0.3) is 0 Å². The molecular formula is C11H14N2O4. The Kier molecular flexibility index (Phi) is 4.96. The summed E-state index contributed by atoms with van der Waals surface area (Å²) in [6, 6.07) is 8.67. The van der Waals surface area contributed by atoms with Crippen molar-refractivity contribution in [3.63, 3.8) is 0 Å². The number of amides is 2. The topological polar surface area (TPSA) is 89.9 Å². The molecule has 92 valence electrons. The third-order valence-electron chi connectivity index (χ3n) is 2.18. The zero-order valence-electron chi connectivity index (χ0n) is 9.11. The van der Waals surface area contributed by atoms with Gasteiger partial charge in [-0.05, 0) is 12.0 Å². The number of rotatable bonds is 6. The summed E-state index contributed by atoms with van der Waals surface area (Å²) in [5, 5.41) is 20.4. The zero-order valence-corrected chi connectivity index (χ0v) is 9.11. The Labute approximate surface area is 98.4 Å². The minimum absolute atomic E-state index is 0.0926. The van der Waals surface area contributed by atoms with E-state index in [0.717, 1.165) is 5.56 Å². The Morgan fingerprint density at radius 1 is 1.41 bits per heavy atom. The summed E-state index contributed by atoms with van der Waals surface area (Å²) in [6.45, 7) is -0.0926. The summed E-state index contributed by atoms with van der Waals surface area (Å²) >= 11 is 0. The van der Waals surface area contributed by atoms with Crippen LogP contribution in [-0.2, 0) is 11.2 Å². The Balaban J connectivity index is 2.63. The van der Waals surface area contributed by atoms with E-state index < -0.39 is 12.1 Å². The second-order valence-electron chi connectivity index (χ2n) is 3.56. The lowest BCUT2D eigenvalue weighted by molar-refractivity contribution is -0.150. The van der Waals surface area contributed by atoms with Crippen molar-refractivity contribution in [1.29, 1.82) is 0 Å². The molecular weight excluding hydrogens is 224 g/mol. The van der Waals surface area contributed by atoms with Crippen LogP contribution in [0.2, 0.25) is 0 Å². The van der Waals surface area contributed by atoms with Gasteiger partial charge in [0.15, 0.2) is 0 Å². The van der Waals surface area contributed by atoms with Crippen molar-refractivity contribution in [2.45, 2.75) is 12.5 Å². The summed E-state index contributed by atoms with van der Waals surface area (Å²) in [5.41, 5.74) is 0.922. The van der Waals surface area contributed by atoms with Gasteiger partial charge in [-0.25, -0.2) is 9.86 Å².